The zero-order valence-corrected chi connectivity index (χ0v) is 11.1. The third kappa shape index (κ3) is 2.19. The molecule has 0 spiro atoms. The summed E-state index contributed by atoms with van der Waals surface area (Å²) in [5.41, 5.74) is 2.86. The summed E-state index contributed by atoms with van der Waals surface area (Å²) in [6.45, 7) is 0. The molecule has 0 bridgehead atoms. The maximum atomic E-state index is 4.29. The number of hydrogen-bond acceptors (Lipinski definition) is 2. The number of pyridine rings is 1. The fraction of sp³-hybridized carbons (Fsp3) is 0. The number of rotatable bonds is 2. The second-order valence-corrected chi connectivity index (χ2v) is 4.80. The van der Waals surface area contributed by atoms with Gasteiger partial charge in [-0.1, -0.05) is 22.0 Å². The van der Waals surface area contributed by atoms with Crippen LogP contribution in [-0.4, -0.2) is 15.2 Å². The van der Waals surface area contributed by atoms with E-state index in [2.05, 4.69) is 37.2 Å². The smallest absolute Gasteiger partial charge is 0.0928 e. The average molecular weight is 300 g/mol. The second-order valence-electron chi connectivity index (χ2n) is 3.89. The predicted molar refractivity (Wildman–Crippen MR) is 77.0 cm³/mol. The largest absolute Gasteiger partial charge is 0.277 e. The minimum atomic E-state index is 0.914. The van der Waals surface area contributed by atoms with Crippen molar-refractivity contribution in [1.82, 2.24) is 15.2 Å². The van der Waals surface area contributed by atoms with Crippen molar-refractivity contribution >= 4 is 39.0 Å². The van der Waals surface area contributed by atoms with Gasteiger partial charge in [-0.3, -0.25) is 10.1 Å². The quantitative estimate of drug-likeness (QED) is 0.780. The molecule has 0 atom stereocenters. The highest BCUT2D eigenvalue weighted by atomic mass is 79.9. The first kappa shape index (κ1) is 11.2. The fourth-order valence-electron chi connectivity index (χ4n) is 1.77. The topological polar surface area (TPSA) is 41.6 Å². The highest BCUT2D eigenvalue weighted by Gasteiger charge is 2.02. The van der Waals surface area contributed by atoms with Gasteiger partial charge >= 0.3 is 0 Å². The molecule has 18 heavy (non-hydrogen) atoms. The van der Waals surface area contributed by atoms with Crippen molar-refractivity contribution in [3.8, 4) is 0 Å². The SMILES string of the molecule is Brc1ccc2[nH]nc(C=Cc3ccccn3)c2c1. The van der Waals surface area contributed by atoms with Gasteiger partial charge in [-0.25, -0.2) is 0 Å². The molecule has 0 aliphatic carbocycles. The lowest BCUT2D eigenvalue weighted by Gasteiger charge is -1.92. The second kappa shape index (κ2) is 4.74. The van der Waals surface area contributed by atoms with Crippen LogP contribution in [0.2, 0.25) is 0 Å². The van der Waals surface area contributed by atoms with Crippen LogP contribution in [0.4, 0.5) is 0 Å². The summed E-state index contributed by atoms with van der Waals surface area (Å²) in [6, 6.07) is 11.9. The van der Waals surface area contributed by atoms with E-state index < -0.39 is 0 Å². The number of halogens is 1. The monoisotopic (exact) mass is 299 g/mol. The molecule has 3 rings (SSSR count). The highest BCUT2D eigenvalue weighted by Crippen LogP contribution is 2.22. The van der Waals surface area contributed by atoms with Crippen LogP contribution in [0.25, 0.3) is 23.1 Å². The molecular weight excluding hydrogens is 290 g/mol. The van der Waals surface area contributed by atoms with Crippen LogP contribution in [-0.2, 0) is 0 Å². The summed E-state index contributed by atoms with van der Waals surface area (Å²) < 4.78 is 1.05. The Bertz CT molecular complexity index is 701. The van der Waals surface area contributed by atoms with Crippen LogP contribution in [0.3, 0.4) is 0 Å². The summed E-state index contributed by atoms with van der Waals surface area (Å²) >= 11 is 3.47. The molecule has 1 aromatic carbocycles. The molecule has 0 saturated heterocycles. The van der Waals surface area contributed by atoms with E-state index in [-0.39, 0.29) is 0 Å². The molecule has 2 heterocycles. The molecule has 0 fully saturated rings. The Morgan fingerprint density at radius 1 is 1.11 bits per heavy atom. The number of fused-ring (bicyclic) bond motifs is 1. The van der Waals surface area contributed by atoms with Crippen molar-refractivity contribution in [2.75, 3.05) is 0 Å². The number of benzene rings is 1. The van der Waals surface area contributed by atoms with Crippen LogP contribution in [0, 0.1) is 0 Å². The van der Waals surface area contributed by atoms with Gasteiger partial charge in [0.1, 0.15) is 0 Å². The lowest BCUT2D eigenvalue weighted by Crippen LogP contribution is -1.77. The van der Waals surface area contributed by atoms with Crippen LogP contribution in [0.5, 0.6) is 0 Å². The average Bonchev–Trinajstić information content (AvgIpc) is 2.80. The van der Waals surface area contributed by atoms with Gasteiger partial charge in [-0.05, 0) is 42.5 Å². The van der Waals surface area contributed by atoms with Gasteiger partial charge in [-0.2, -0.15) is 5.10 Å². The van der Waals surface area contributed by atoms with Crippen molar-refractivity contribution in [3.05, 3.63) is 58.5 Å². The number of nitrogens with one attached hydrogen (secondary N) is 1. The minimum absolute atomic E-state index is 0.914. The number of nitrogens with zero attached hydrogens (tertiary/aromatic N) is 2. The lowest BCUT2D eigenvalue weighted by atomic mass is 10.2. The van der Waals surface area contributed by atoms with Crippen molar-refractivity contribution in [1.29, 1.82) is 0 Å². The lowest BCUT2D eigenvalue weighted by molar-refractivity contribution is 1.11. The first-order valence-electron chi connectivity index (χ1n) is 5.56. The van der Waals surface area contributed by atoms with E-state index in [1.54, 1.807) is 6.20 Å². The van der Waals surface area contributed by atoms with Crippen LogP contribution in [0.1, 0.15) is 11.4 Å². The molecule has 0 aliphatic heterocycles. The molecule has 0 unspecified atom stereocenters. The highest BCUT2D eigenvalue weighted by molar-refractivity contribution is 9.10. The van der Waals surface area contributed by atoms with Gasteiger partial charge in [-0.15, -0.1) is 0 Å². The molecule has 4 heteroatoms. The van der Waals surface area contributed by atoms with Gasteiger partial charge in [0.05, 0.1) is 16.9 Å². The van der Waals surface area contributed by atoms with Crippen molar-refractivity contribution in [2.45, 2.75) is 0 Å². The third-order valence-corrected chi connectivity index (χ3v) is 3.15. The number of aromatic nitrogens is 3. The van der Waals surface area contributed by atoms with E-state index in [9.17, 15) is 0 Å². The van der Waals surface area contributed by atoms with Crippen LogP contribution in [0.15, 0.2) is 47.1 Å². The Morgan fingerprint density at radius 2 is 2.06 bits per heavy atom. The maximum Gasteiger partial charge on any atom is 0.0928 e. The molecule has 0 aliphatic rings. The van der Waals surface area contributed by atoms with Crippen molar-refractivity contribution < 1.29 is 0 Å². The Balaban J connectivity index is 2.00. The molecule has 3 nitrogen and oxygen atoms in total. The normalized spacial score (nSPS) is 11.4. The Hall–Kier alpha value is -1.94. The van der Waals surface area contributed by atoms with Gasteiger partial charge in [0.25, 0.3) is 0 Å². The van der Waals surface area contributed by atoms with E-state index in [4.69, 9.17) is 0 Å². The van der Waals surface area contributed by atoms with Crippen LogP contribution >= 0.6 is 15.9 Å². The third-order valence-electron chi connectivity index (χ3n) is 2.65. The summed E-state index contributed by atoms with van der Waals surface area (Å²) in [7, 11) is 0. The minimum Gasteiger partial charge on any atom is -0.277 e. The van der Waals surface area contributed by atoms with Gasteiger partial charge in [0.15, 0.2) is 0 Å². The molecule has 2 aromatic heterocycles. The summed E-state index contributed by atoms with van der Waals surface area (Å²) in [5.74, 6) is 0. The van der Waals surface area contributed by atoms with Gasteiger partial charge < -0.3 is 0 Å². The molecule has 0 radical (unpaired) electrons. The Morgan fingerprint density at radius 3 is 2.89 bits per heavy atom. The van der Waals surface area contributed by atoms with Gasteiger partial charge in [0.2, 0.25) is 0 Å². The Kier molecular flexibility index (Phi) is 2.94. The zero-order valence-electron chi connectivity index (χ0n) is 9.47. The van der Waals surface area contributed by atoms with E-state index in [0.29, 0.717) is 0 Å². The fourth-order valence-corrected chi connectivity index (χ4v) is 2.13. The molecule has 0 saturated carbocycles. The number of hydrogen-bond donors (Lipinski definition) is 1. The van der Waals surface area contributed by atoms with Crippen LogP contribution < -0.4 is 0 Å². The first-order chi connectivity index (χ1) is 8.83. The zero-order chi connectivity index (χ0) is 12.4. The van der Waals surface area contributed by atoms with E-state index in [1.165, 1.54) is 0 Å². The molecule has 1 N–H and O–H groups in total. The van der Waals surface area contributed by atoms with Gasteiger partial charge in [0, 0.05) is 16.1 Å². The molecule has 0 amide bonds. The standard InChI is InChI=1S/C14H10BrN3/c15-10-4-6-13-12(9-10)14(18-17-13)7-5-11-3-1-2-8-16-11/h1-9H,(H,17,18). The summed E-state index contributed by atoms with van der Waals surface area (Å²) in [5, 5.41) is 8.39. The van der Waals surface area contributed by atoms with Crippen molar-refractivity contribution in [2.24, 2.45) is 0 Å². The first-order valence-corrected chi connectivity index (χ1v) is 6.35. The molecule has 3 aromatic rings. The molecule has 88 valence electrons. The van der Waals surface area contributed by atoms with E-state index >= 15 is 0 Å². The maximum absolute atomic E-state index is 4.29. The number of aromatic amines is 1. The number of H-pyrrole nitrogens is 1. The summed E-state index contributed by atoms with van der Waals surface area (Å²) in [6.07, 6.45) is 5.70. The Labute approximate surface area is 113 Å². The van der Waals surface area contributed by atoms with E-state index in [1.807, 2.05) is 42.5 Å². The predicted octanol–water partition coefficient (Wildman–Crippen LogP) is 3.89. The van der Waals surface area contributed by atoms with Crippen molar-refractivity contribution in [3.63, 3.8) is 0 Å². The summed E-state index contributed by atoms with van der Waals surface area (Å²) in [4.78, 5) is 4.24. The van der Waals surface area contributed by atoms with E-state index in [0.717, 1.165) is 26.8 Å². The molecular formula is C14H10BrN3.